The molecule has 0 aromatic heterocycles. The Kier molecular flexibility index (Phi) is 3.29. The second-order valence-corrected chi connectivity index (χ2v) is 5.95. The molecule has 0 nitrogen and oxygen atoms in total. The molecule has 0 N–H and O–H groups in total. The predicted molar refractivity (Wildman–Crippen MR) is 56.6 cm³/mol. The zero-order valence-electron chi connectivity index (χ0n) is 5.83. The quantitative estimate of drug-likeness (QED) is 0.569. The highest BCUT2D eigenvalue weighted by Crippen LogP contribution is 2.49. The first-order valence-corrected chi connectivity index (χ1v) is 5.04. The molecule has 1 aliphatic rings. The summed E-state index contributed by atoms with van der Waals surface area (Å²) in [6.45, 7) is 0. The average Bonchev–Trinajstić information content (AvgIpc) is 1.83. The lowest BCUT2D eigenvalue weighted by molar-refractivity contribution is 0.712. The number of hydrogen-bond donors (Lipinski definition) is 0. The molecule has 0 aromatic carbocycles. The van der Waals surface area contributed by atoms with E-state index in [1.165, 1.54) is 0 Å². The standard InChI is InChI=1S/C7H5Cl5/c8-5-2-1-3-6(9,4-5)7(10,11)12/h1-3H,4H2. The lowest BCUT2D eigenvalue weighted by atomic mass is 10.0. The molecule has 0 saturated carbocycles. The highest BCUT2D eigenvalue weighted by Gasteiger charge is 2.46. The van der Waals surface area contributed by atoms with Crippen molar-refractivity contribution in [3.63, 3.8) is 0 Å². The summed E-state index contributed by atoms with van der Waals surface area (Å²) in [4.78, 5) is -1.02. The molecular weight excluding hydrogens is 261 g/mol. The number of allylic oxidation sites excluding steroid dienone is 4. The van der Waals surface area contributed by atoms with Crippen LogP contribution >= 0.6 is 58.0 Å². The molecule has 0 radical (unpaired) electrons. The van der Waals surface area contributed by atoms with Gasteiger partial charge in [0.05, 0.1) is 0 Å². The van der Waals surface area contributed by atoms with Gasteiger partial charge in [0.15, 0.2) is 0 Å². The molecule has 68 valence electrons. The second kappa shape index (κ2) is 3.59. The summed E-state index contributed by atoms with van der Waals surface area (Å²) in [5.41, 5.74) is 0. The van der Waals surface area contributed by atoms with Crippen molar-refractivity contribution in [2.45, 2.75) is 15.1 Å². The monoisotopic (exact) mass is 264 g/mol. The van der Waals surface area contributed by atoms with Crippen molar-refractivity contribution in [2.24, 2.45) is 0 Å². The fourth-order valence-corrected chi connectivity index (χ4v) is 1.82. The van der Waals surface area contributed by atoms with Gasteiger partial charge in [-0.05, 0) is 6.08 Å². The van der Waals surface area contributed by atoms with E-state index >= 15 is 0 Å². The molecule has 0 spiro atoms. The van der Waals surface area contributed by atoms with Gasteiger partial charge in [-0.1, -0.05) is 58.6 Å². The minimum absolute atomic E-state index is 0.336. The molecule has 1 rings (SSSR count). The smallest absolute Gasteiger partial charge is 0.110 e. The highest BCUT2D eigenvalue weighted by molar-refractivity contribution is 6.71. The van der Waals surface area contributed by atoms with Crippen molar-refractivity contribution in [1.82, 2.24) is 0 Å². The first-order valence-electron chi connectivity index (χ1n) is 3.15. The van der Waals surface area contributed by atoms with Crippen molar-refractivity contribution >= 4 is 58.0 Å². The lowest BCUT2D eigenvalue weighted by Gasteiger charge is -2.32. The summed E-state index contributed by atoms with van der Waals surface area (Å²) in [6.07, 6.45) is 5.37. The summed E-state index contributed by atoms with van der Waals surface area (Å²) in [7, 11) is 0. The summed E-state index contributed by atoms with van der Waals surface area (Å²) < 4.78 is -1.54. The average molecular weight is 266 g/mol. The fourth-order valence-electron chi connectivity index (χ4n) is 0.863. The Hall–Kier alpha value is 0.930. The van der Waals surface area contributed by atoms with Crippen molar-refractivity contribution in [1.29, 1.82) is 0 Å². The predicted octanol–water partition coefficient (Wildman–Crippen LogP) is 4.42. The summed E-state index contributed by atoms with van der Waals surface area (Å²) in [5, 5.41) is 0.582. The van der Waals surface area contributed by atoms with Gasteiger partial charge in [0.1, 0.15) is 4.87 Å². The minimum atomic E-state index is -1.54. The Bertz CT molecular complexity index is 237. The van der Waals surface area contributed by atoms with Gasteiger partial charge in [0.2, 0.25) is 3.79 Å². The van der Waals surface area contributed by atoms with E-state index in [1.807, 2.05) is 0 Å². The first-order chi connectivity index (χ1) is 5.35. The van der Waals surface area contributed by atoms with Crippen LogP contribution in [0.15, 0.2) is 23.3 Å². The van der Waals surface area contributed by atoms with Crippen molar-refractivity contribution in [3.8, 4) is 0 Å². The van der Waals surface area contributed by atoms with Crippen LogP contribution in [-0.4, -0.2) is 8.67 Å². The van der Waals surface area contributed by atoms with Crippen molar-refractivity contribution < 1.29 is 0 Å². The van der Waals surface area contributed by atoms with E-state index in [1.54, 1.807) is 18.2 Å². The second-order valence-electron chi connectivity index (χ2n) is 2.51. The highest BCUT2D eigenvalue weighted by atomic mass is 35.6. The van der Waals surface area contributed by atoms with Gasteiger partial charge >= 0.3 is 0 Å². The third-order valence-electron chi connectivity index (χ3n) is 1.53. The zero-order valence-corrected chi connectivity index (χ0v) is 9.61. The third-order valence-corrected chi connectivity index (χ3v) is 3.64. The van der Waals surface area contributed by atoms with E-state index in [0.29, 0.717) is 11.5 Å². The maximum Gasteiger partial charge on any atom is 0.213 e. The molecule has 0 saturated heterocycles. The Labute approximate surface area is 96.1 Å². The van der Waals surface area contributed by atoms with Gasteiger partial charge in [-0.25, -0.2) is 0 Å². The molecule has 1 unspecified atom stereocenters. The van der Waals surface area contributed by atoms with Crippen LogP contribution in [0.1, 0.15) is 6.42 Å². The van der Waals surface area contributed by atoms with Gasteiger partial charge in [-0.2, -0.15) is 0 Å². The number of alkyl halides is 4. The van der Waals surface area contributed by atoms with E-state index < -0.39 is 8.67 Å². The molecule has 0 aromatic rings. The molecular formula is C7H5Cl5. The van der Waals surface area contributed by atoms with Gasteiger partial charge in [-0.15, -0.1) is 11.6 Å². The zero-order chi connectivity index (χ0) is 9.41. The fraction of sp³-hybridized carbons (Fsp3) is 0.429. The van der Waals surface area contributed by atoms with E-state index in [-0.39, 0.29) is 0 Å². The Balaban J connectivity index is 2.90. The van der Waals surface area contributed by atoms with Crippen LogP contribution in [0.3, 0.4) is 0 Å². The summed E-state index contributed by atoms with van der Waals surface area (Å²) in [6, 6.07) is 0. The van der Waals surface area contributed by atoms with E-state index in [0.717, 1.165) is 0 Å². The molecule has 0 amide bonds. The van der Waals surface area contributed by atoms with Crippen LogP contribution in [0.2, 0.25) is 0 Å². The van der Waals surface area contributed by atoms with Gasteiger partial charge in [0, 0.05) is 11.5 Å². The molecule has 5 heteroatoms. The van der Waals surface area contributed by atoms with Gasteiger partial charge < -0.3 is 0 Å². The molecule has 0 bridgehead atoms. The number of halogens is 5. The van der Waals surface area contributed by atoms with Crippen LogP contribution in [0.4, 0.5) is 0 Å². The largest absolute Gasteiger partial charge is 0.213 e. The van der Waals surface area contributed by atoms with Crippen molar-refractivity contribution in [3.05, 3.63) is 23.3 Å². The number of hydrogen-bond acceptors (Lipinski definition) is 0. The first kappa shape index (κ1) is 11.0. The summed E-state index contributed by atoms with van der Waals surface area (Å²) >= 11 is 28.8. The maximum absolute atomic E-state index is 6.04. The minimum Gasteiger partial charge on any atom is -0.110 e. The van der Waals surface area contributed by atoms with Crippen LogP contribution in [0, 0.1) is 0 Å². The van der Waals surface area contributed by atoms with Crippen LogP contribution in [0.5, 0.6) is 0 Å². The van der Waals surface area contributed by atoms with Crippen LogP contribution in [-0.2, 0) is 0 Å². The third kappa shape index (κ3) is 2.24. The lowest BCUT2D eigenvalue weighted by Crippen LogP contribution is -2.36. The van der Waals surface area contributed by atoms with Crippen LogP contribution < -0.4 is 0 Å². The topological polar surface area (TPSA) is 0 Å². The maximum atomic E-state index is 6.04. The molecule has 1 atom stereocenters. The Morgan fingerprint density at radius 1 is 1.33 bits per heavy atom. The Morgan fingerprint density at radius 2 is 1.92 bits per heavy atom. The van der Waals surface area contributed by atoms with Gasteiger partial charge in [0.25, 0.3) is 0 Å². The van der Waals surface area contributed by atoms with E-state index in [4.69, 9.17) is 58.0 Å². The van der Waals surface area contributed by atoms with E-state index in [2.05, 4.69) is 0 Å². The molecule has 0 heterocycles. The van der Waals surface area contributed by atoms with Crippen LogP contribution in [0.25, 0.3) is 0 Å². The molecule has 1 aliphatic carbocycles. The summed E-state index contributed by atoms with van der Waals surface area (Å²) in [5.74, 6) is 0. The van der Waals surface area contributed by atoms with Crippen molar-refractivity contribution in [2.75, 3.05) is 0 Å². The normalized spacial score (nSPS) is 30.2. The molecule has 12 heavy (non-hydrogen) atoms. The molecule has 0 aliphatic heterocycles. The number of rotatable bonds is 0. The van der Waals surface area contributed by atoms with Gasteiger partial charge in [-0.3, -0.25) is 0 Å². The molecule has 0 fully saturated rings. The Morgan fingerprint density at radius 3 is 2.25 bits per heavy atom. The van der Waals surface area contributed by atoms with E-state index in [9.17, 15) is 0 Å². The SMILES string of the molecule is ClC1=CC=CC(Cl)(C(Cl)(Cl)Cl)C1.